The van der Waals surface area contributed by atoms with E-state index in [4.69, 9.17) is 19.6 Å². The van der Waals surface area contributed by atoms with Gasteiger partial charge >= 0.3 is 5.97 Å². The number of carbonyl (C=O) groups is 1. The van der Waals surface area contributed by atoms with Crippen molar-refractivity contribution < 1.29 is 62.1 Å². The highest BCUT2D eigenvalue weighted by atomic mass is 16.7. The van der Waals surface area contributed by atoms with Crippen LogP contribution in [0.5, 0.6) is 5.88 Å². The molecule has 0 radical (unpaired) electrons. The zero-order chi connectivity index (χ0) is 24.9. The molecule has 0 aromatic carbocycles. The second-order valence-electron chi connectivity index (χ2n) is 9.93. The number of aryl methyl sites for hydroxylation is 2. The average Bonchev–Trinajstić information content (AvgIpc) is 3.44. The molecule has 232 valence electrons. The van der Waals surface area contributed by atoms with Crippen molar-refractivity contribution in [1.82, 2.24) is 19.7 Å². The molecule has 16 nitrogen and oxygen atoms in total. The summed E-state index contributed by atoms with van der Waals surface area (Å²) in [6.07, 6.45) is -2.63. The zero-order valence-corrected chi connectivity index (χ0v) is 22.6. The Kier molecular flexibility index (Phi) is 14.0. The number of fused-ring (bicyclic) bond motifs is 3. The Hall–Kier alpha value is -2.51. The van der Waals surface area contributed by atoms with E-state index in [2.05, 4.69) is 11.8 Å². The number of hydrogen-bond acceptors (Lipinski definition) is 9. The fraction of sp³-hybridized carbons (Fsp3) is 0.708. The van der Waals surface area contributed by atoms with Crippen LogP contribution in [0.15, 0.2) is 0 Å². The number of rotatable bonds is 6. The standard InChI is InChI=1S/C24H34N4O7.5H2O/c1-3-9-28-10-8-12(11-28)16-15-13-6-4-5-7-14(13)22(25-21(15)27(2)26-16)35-24-19(31)17(29)18(30)20(34-24)23(32)33;;;;;/h12,17-20,24,29-31H,3-11H2,1-2H3,(H,32,33);5*1H2/t12-,17-,18-,19+,20-,24-;;;;;/m0...../s1. The Balaban J connectivity index is 0.00000304. The Morgan fingerprint density at radius 3 is 2.30 bits per heavy atom. The minimum Gasteiger partial charge on any atom is -0.479 e. The van der Waals surface area contributed by atoms with Gasteiger partial charge in [-0.05, 0) is 57.2 Å². The van der Waals surface area contributed by atoms with E-state index in [0.717, 1.165) is 80.4 Å². The third kappa shape index (κ3) is 6.52. The van der Waals surface area contributed by atoms with Gasteiger partial charge in [0.2, 0.25) is 12.2 Å². The molecule has 0 bridgehead atoms. The SMILES string of the molecule is CCCN1CC[C@H](c2nn(C)c3nc(O[C@@H]4O[C@H](C(=O)O)[C@@H](O)[C@H](O)[C@H]4O)c4c(c23)CCCC4)C1.O.O.O.O.O. The molecule has 5 rings (SSSR count). The molecule has 2 aromatic rings. The van der Waals surface area contributed by atoms with Gasteiger partial charge in [0, 0.05) is 30.5 Å². The molecule has 0 saturated carbocycles. The molecule has 2 fully saturated rings. The maximum atomic E-state index is 11.5. The number of carboxylic acid groups (broad SMARTS) is 1. The lowest BCUT2D eigenvalue weighted by Crippen LogP contribution is -2.61. The molecule has 2 aromatic heterocycles. The van der Waals surface area contributed by atoms with E-state index in [1.807, 2.05) is 7.05 Å². The van der Waals surface area contributed by atoms with E-state index < -0.39 is 36.7 Å². The summed E-state index contributed by atoms with van der Waals surface area (Å²) in [7, 11) is 1.85. The first-order chi connectivity index (χ1) is 16.8. The predicted molar refractivity (Wildman–Crippen MR) is 142 cm³/mol. The predicted octanol–water partition coefficient (Wildman–Crippen LogP) is -3.81. The van der Waals surface area contributed by atoms with Crippen molar-refractivity contribution >= 4 is 17.0 Å². The topological polar surface area (TPSA) is 308 Å². The van der Waals surface area contributed by atoms with Crippen molar-refractivity contribution in [2.45, 2.75) is 82.1 Å². The summed E-state index contributed by atoms with van der Waals surface area (Å²) in [5.41, 5.74) is 3.78. The van der Waals surface area contributed by atoms with Crippen LogP contribution in [0.2, 0.25) is 0 Å². The molecule has 0 unspecified atom stereocenters. The fourth-order valence-electron chi connectivity index (χ4n) is 5.75. The van der Waals surface area contributed by atoms with Crippen LogP contribution >= 0.6 is 0 Å². The third-order valence-corrected chi connectivity index (χ3v) is 7.52. The Morgan fingerprint density at radius 1 is 1.02 bits per heavy atom. The van der Waals surface area contributed by atoms with E-state index in [9.17, 15) is 25.2 Å². The Morgan fingerprint density at radius 2 is 1.68 bits per heavy atom. The second-order valence-corrected chi connectivity index (χ2v) is 9.93. The normalized spacial score (nSPS) is 27.6. The van der Waals surface area contributed by atoms with Crippen LogP contribution in [-0.2, 0) is 29.4 Å². The van der Waals surface area contributed by atoms with Crippen LogP contribution in [0.25, 0.3) is 11.0 Å². The van der Waals surface area contributed by atoms with E-state index in [0.29, 0.717) is 11.6 Å². The number of aromatic nitrogens is 3. The molecule has 2 aliphatic heterocycles. The highest BCUT2D eigenvalue weighted by molar-refractivity contribution is 5.85. The van der Waals surface area contributed by atoms with Gasteiger partial charge in [-0.2, -0.15) is 10.1 Å². The quantitative estimate of drug-likeness (QED) is 0.258. The van der Waals surface area contributed by atoms with Gasteiger partial charge in [0.25, 0.3) is 0 Å². The van der Waals surface area contributed by atoms with E-state index in [1.54, 1.807) is 4.68 Å². The lowest BCUT2D eigenvalue weighted by Gasteiger charge is -2.38. The molecular weight excluding hydrogens is 536 g/mol. The van der Waals surface area contributed by atoms with Crippen LogP contribution in [0, 0.1) is 0 Å². The number of aliphatic carboxylic acids is 1. The second kappa shape index (κ2) is 14.9. The number of nitrogens with zero attached hydrogens (tertiary/aromatic N) is 4. The van der Waals surface area contributed by atoms with Gasteiger partial charge in [0.1, 0.15) is 18.3 Å². The minimum atomic E-state index is -1.77. The van der Waals surface area contributed by atoms with Crippen molar-refractivity contribution in [3.8, 4) is 5.88 Å². The summed E-state index contributed by atoms with van der Waals surface area (Å²) in [6.45, 7) is 5.31. The number of ether oxygens (including phenoxy) is 2. The molecule has 6 atom stereocenters. The summed E-state index contributed by atoms with van der Waals surface area (Å²) < 4.78 is 13.1. The monoisotopic (exact) mass is 580 g/mol. The summed E-state index contributed by atoms with van der Waals surface area (Å²) in [5, 5.41) is 45.9. The number of likely N-dealkylation sites (tertiary alicyclic amines) is 1. The lowest BCUT2D eigenvalue weighted by atomic mass is 9.88. The van der Waals surface area contributed by atoms with Crippen LogP contribution < -0.4 is 4.74 Å². The highest BCUT2D eigenvalue weighted by Crippen LogP contribution is 2.40. The molecule has 40 heavy (non-hydrogen) atoms. The Labute approximate surface area is 230 Å². The van der Waals surface area contributed by atoms with E-state index in [-0.39, 0.29) is 33.3 Å². The molecule has 16 heteroatoms. The minimum absolute atomic E-state index is 0. The number of pyridine rings is 1. The highest BCUT2D eigenvalue weighted by Gasteiger charge is 2.48. The van der Waals surface area contributed by atoms with Crippen molar-refractivity contribution in [1.29, 1.82) is 0 Å². The van der Waals surface area contributed by atoms with Gasteiger partial charge in [-0.3, -0.25) is 4.68 Å². The molecule has 3 aliphatic rings. The molecule has 4 heterocycles. The summed E-state index contributed by atoms with van der Waals surface area (Å²) in [6, 6.07) is 0. The van der Waals surface area contributed by atoms with E-state index in [1.165, 1.54) is 0 Å². The fourth-order valence-corrected chi connectivity index (χ4v) is 5.75. The summed E-state index contributed by atoms with van der Waals surface area (Å²) in [4.78, 5) is 18.7. The van der Waals surface area contributed by atoms with Gasteiger partial charge < -0.3 is 62.2 Å². The number of carboxylic acids is 1. The van der Waals surface area contributed by atoms with Gasteiger partial charge in [-0.1, -0.05) is 6.92 Å². The van der Waals surface area contributed by atoms with Gasteiger partial charge in [-0.25, -0.2) is 4.79 Å². The summed E-state index contributed by atoms with van der Waals surface area (Å²) in [5.74, 6) is -0.869. The molecule has 2 saturated heterocycles. The zero-order valence-electron chi connectivity index (χ0n) is 22.6. The van der Waals surface area contributed by atoms with Crippen LogP contribution in [0.1, 0.15) is 55.3 Å². The van der Waals surface area contributed by atoms with Crippen molar-refractivity contribution in [3.63, 3.8) is 0 Å². The van der Waals surface area contributed by atoms with Gasteiger partial charge in [0.15, 0.2) is 11.8 Å². The van der Waals surface area contributed by atoms with Crippen molar-refractivity contribution in [2.24, 2.45) is 7.05 Å². The van der Waals surface area contributed by atoms with Crippen molar-refractivity contribution in [2.75, 3.05) is 19.6 Å². The van der Waals surface area contributed by atoms with Crippen LogP contribution in [0.3, 0.4) is 0 Å². The Bertz CT molecular complexity index is 1120. The summed E-state index contributed by atoms with van der Waals surface area (Å²) >= 11 is 0. The van der Waals surface area contributed by atoms with Gasteiger partial charge in [0.05, 0.1) is 5.69 Å². The lowest BCUT2D eigenvalue weighted by molar-refractivity contribution is -0.271. The molecule has 0 amide bonds. The van der Waals surface area contributed by atoms with Crippen molar-refractivity contribution in [3.05, 3.63) is 16.8 Å². The number of aliphatic hydroxyl groups is 3. The maximum absolute atomic E-state index is 11.5. The molecule has 0 spiro atoms. The average molecular weight is 581 g/mol. The number of aliphatic hydroxyl groups excluding tert-OH is 3. The first-order valence-electron chi connectivity index (χ1n) is 12.5. The first-order valence-corrected chi connectivity index (χ1v) is 12.5. The molecule has 14 N–H and O–H groups in total. The molecular formula is C24H44N4O12. The number of hydrogen-bond donors (Lipinski definition) is 4. The van der Waals surface area contributed by atoms with E-state index >= 15 is 0 Å². The van der Waals surface area contributed by atoms with Crippen LogP contribution in [0.4, 0.5) is 0 Å². The van der Waals surface area contributed by atoms with Crippen LogP contribution in [-0.4, -0.2) is 124 Å². The smallest absolute Gasteiger partial charge is 0.335 e. The maximum Gasteiger partial charge on any atom is 0.335 e. The first kappa shape index (κ1) is 37.5. The largest absolute Gasteiger partial charge is 0.479 e. The van der Waals surface area contributed by atoms with Gasteiger partial charge in [-0.15, -0.1) is 0 Å². The third-order valence-electron chi connectivity index (χ3n) is 7.52. The molecule has 1 aliphatic carbocycles.